The molecule has 0 saturated carbocycles. The number of fused-ring (bicyclic) bond motifs is 1. The highest BCUT2D eigenvalue weighted by Gasteiger charge is 2.14. The van der Waals surface area contributed by atoms with Gasteiger partial charge in [0.15, 0.2) is 11.5 Å². The topological polar surface area (TPSA) is 47.6 Å². The second-order valence-electron chi connectivity index (χ2n) is 4.01. The van der Waals surface area contributed by atoms with Crippen LogP contribution in [0.5, 0.6) is 11.5 Å². The van der Waals surface area contributed by atoms with Crippen molar-refractivity contribution in [3.05, 3.63) is 23.8 Å². The number of amides is 1. The minimum Gasteiger partial charge on any atom is -0.486 e. The second-order valence-corrected chi connectivity index (χ2v) is 4.39. The fourth-order valence-electron chi connectivity index (χ4n) is 1.71. The Balaban J connectivity index is 1.94. The summed E-state index contributed by atoms with van der Waals surface area (Å²) in [6, 6.07) is 5.22. The minimum absolute atomic E-state index is 0.0958. The molecule has 0 bridgehead atoms. The summed E-state index contributed by atoms with van der Waals surface area (Å²) in [4.78, 5) is 11.9. The Morgan fingerprint density at radius 1 is 1.22 bits per heavy atom. The van der Waals surface area contributed by atoms with Crippen LogP contribution in [0.2, 0.25) is 0 Å². The largest absolute Gasteiger partial charge is 0.486 e. The van der Waals surface area contributed by atoms with Crippen molar-refractivity contribution in [2.75, 3.05) is 25.6 Å². The van der Waals surface area contributed by atoms with E-state index >= 15 is 0 Å². The van der Waals surface area contributed by atoms with Crippen molar-refractivity contribution in [1.82, 2.24) is 5.32 Å². The monoisotopic (exact) mass is 269 g/mol. The SMILES string of the molecule is O=C(NCCCCCl)c1ccc2c(c1)OCCO2. The van der Waals surface area contributed by atoms with Crippen molar-refractivity contribution in [3.8, 4) is 11.5 Å². The van der Waals surface area contributed by atoms with Crippen LogP contribution >= 0.6 is 11.6 Å². The lowest BCUT2D eigenvalue weighted by molar-refractivity contribution is 0.0952. The lowest BCUT2D eigenvalue weighted by Gasteiger charge is -2.18. The van der Waals surface area contributed by atoms with Gasteiger partial charge in [-0.05, 0) is 31.0 Å². The summed E-state index contributed by atoms with van der Waals surface area (Å²) in [5.41, 5.74) is 0.588. The highest BCUT2D eigenvalue weighted by molar-refractivity contribution is 6.17. The summed E-state index contributed by atoms with van der Waals surface area (Å²) in [6.45, 7) is 1.71. The van der Waals surface area contributed by atoms with Gasteiger partial charge < -0.3 is 14.8 Å². The number of benzene rings is 1. The van der Waals surface area contributed by atoms with Gasteiger partial charge in [-0.25, -0.2) is 0 Å². The molecule has 1 aliphatic rings. The Morgan fingerprint density at radius 3 is 2.78 bits per heavy atom. The fraction of sp³-hybridized carbons (Fsp3) is 0.462. The molecular weight excluding hydrogens is 254 g/mol. The Morgan fingerprint density at radius 2 is 2.00 bits per heavy atom. The molecule has 1 amide bonds. The average Bonchev–Trinajstić information content (AvgIpc) is 2.43. The number of unbranched alkanes of at least 4 members (excludes halogenated alkanes) is 1. The van der Waals surface area contributed by atoms with Gasteiger partial charge in [0.1, 0.15) is 13.2 Å². The van der Waals surface area contributed by atoms with E-state index in [9.17, 15) is 4.79 Å². The standard InChI is InChI=1S/C13H16ClNO3/c14-5-1-2-6-15-13(16)10-3-4-11-12(9-10)18-8-7-17-11/h3-4,9H,1-2,5-8H2,(H,15,16). The summed E-state index contributed by atoms with van der Waals surface area (Å²) < 4.78 is 10.8. The Labute approximate surface area is 111 Å². The number of rotatable bonds is 5. The Hall–Kier alpha value is -1.42. The normalized spacial score (nSPS) is 13.2. The summed E-state index contributed by atoms with van der Waals surface area (Å²) in [5.74, 6) is 1.86. The van der Waals surface area contributed by atoms with Crippen LogP contribution in [-0.4, -0.2) is 31.5 Å². The van der Waals surface area contributed by atoms with Gasteiger partial charge in [0.05, 0.1) is 0 Å². The highest BCUT2D eigenvalue weighted by Crippen LogP contribution is 2.30. The molecule has 0 radical (unpaired) electrons. The van der Waals surface area contributed by atoms with Crippen molar-refractivity contribution in [3.63, 3.8) is 0 Å². The molecule has 0 fully saturated rings. The van der Waals surface area contributed by atoms with Crippen LogP contribution in [0.1, 0.15) is 23.2 Å². The quantitative estimate of drug-likeness (QED) is 0.659. The fourth-order valence-corrected chi connectivity index (χ4v) is 1.90. The lowest BCUT2D eigenvalue weighted by Crippen LogP contribution is -2.25. The number of ether oxygens (including phenoxy) is 2. The van der Waals surface area contributed by atoms with Gasteiger partial charge in [0.25, 0.3) is 5.91 Å². The van der Waals surface area contributed by atoms with Crippen molar-refractivity contribution in [2.45, 2.75) is 12.8 Å². The number of hydrogen-bond donors (Lipinski definition) is 1. The number of hydrogen-bond acceptors (Lipinski definition) is 3. The molecule has 0 aliphatic carbocycles. The summed E-state index contributed by atoms with van der Waals surface area (Å²) >= 11 is 5.57. The molecule has 0 spiro atoms. The van der Waals surface area contributed by atoms with Crippen LogP contribution in [-0.2, 0) is 0 Å². The van der Waals surface area contributed by atoms with Crippen LogP contribution in [0, 0.1) is 0 Å². The van der Waals surface area contributed by atoms with Crippen molar-refractivity contribution in [1.29, 1.82) is 0 Å². The zero-order valence-electron chi connectivity index (χ0n) is 10.1. The first-order chi connectivity index (χ1) is 8.81. The summed E-state index contributed by atoms with van der Waals surface area (Å²) in [7, 11) is 0. The average molecular weight is 270 g/mol. The Kier molecular flexibility index (Phi) is 4.70. The molecule has 98 valence electrons. The van der Waals surface area contributed by atoms with Crippen molar-refractivity contribution < 1.29 is 14.3 Å². The first-order valence-corrected chi connectivity index (χ1v) is 6.58. The predicted octanol–water partition coefficient (Wildman–Crippen LogP) is 2.21. The van der Waals surface area contributed by atoms with Gasteiger partial charge in [-0.2, -0.15) is 0 Å². The van der Waals surface area contributed by atoms with Crippen LogP contribution in [0.4, 0.5) is 0 Å². The van der Waals surface area contributed by atoms with Gasteiger partial charge in [0.2, 0.25) is 0 Å². The van der Waals surface area contributed by atoms with E-state index in [1.165, 1.54) is 0 Å². The maximum Gasteiger partial charge on any atom is 0.251 e. The molecule has 1 N–H and O–H groups in total. The third kappa shape index (κ3) is 3.29. The van der Waals surface area contributed by atoms with E-state index < -0.39 is 0 Å². The summed E-state index contributed by atoms with van der Waals surface area (Å²) in [5, 5.41) is 2.85. The molecule has 1 heterocycles. The van der Waals surface area contributed by atoms with Crippen molar-refractivity contribution in [2.24, 2.45) is 0 Å². The molecule has 18 heavy (non-hydrogen) atoms. The molecule has 1 aromatic carbocycles. The van der Waals surface area contributed by atoms with E-state index in [1.54, 1.807) is 18.2 Å². The third-order valence-corrected chi connectivity index (χ3v) is 2.92. The zero-order valence-corrected chi connectivity index (χ0v) is 10.8. The van der Waals surface area contributed by atoms with E-state index in [-0.39, 0.29) is 5.91 Å². The van der Waals surface area contributed by atoms with E-state index in [0.29, 0.717) is 42.7 Å². The third-order valence-electron chi connectivity index (χ3n) is 2.65. The number of alkyl halides is 1. The molecule has 0 atom stereocenters. The first-order valence-electron chi connectivity index (χ1n) is 6.05. The zero-order chi connectivity index (χ0) is 12.8. The molecule has 0 unspecified atom stereocenters. The number of nitrogens with one attached hydrogen (secondary N) is 1. The number of carbonyl (C=O) groups is 1. The number of halogens is 1. The lowest BCUT2D eigenvalue weighted by atomic mass is 10.2. The molecule has 5 heteroatoms. The molecule has 1 aliphatic heterocycles. The highest BCUT2D eigenvalue weighted by atomic mass is 35.5. The molecule has 1 aromatic rings. The van der Waals surface area contributed by atoms with Gasteiger partial charge in [-0.3, -0.25) is 4.79 Å². The van der Waals surface area contributed by atoms with Crippen LogP contribution in [0.15, 0.2) is 18.2 Å². The van der Waals surface area contributed by atoms with Crippen molar-refractivity contribution >= 4 is 17.5 Å². The smallest absolute Gasteiger partial charge is 0.251 e. The maximum absolute atomic E-state index is 11.9. The van der Waals surface area contributed by atoms with E-state index in [0.717, 1.165) is 12.8 Å². The van der Waals surface area contributed by atoms with Crippen LogP contribution in [0.3, 0.4) is 0 Å². The van der Waals surface area contributed by atoms with Gasteiger partial charge in [0, 0.05) is 18.0 Å². The van der Waals surface area contributed by atoms with E-state index in [1.807, 2.05) is 0 Å². The first kappa shape index (κ1) is 13.0. The van der Waals surface area contributed by atoms with Crippen LogP contribution in [0.25, 0.3) is 0 Å². The molecule has 4 nitrogen and oxygen atoms in total. The number of carbonyl (C=O) groups excluding carboxylic acids is 1. The maximum atomic E-state index is 11.9. The molecule has 2 rings (SSSR count). The molecule has 0 saturated heterocycles. The molecule has 0 aromatic heterocycles. The van der Waals surface area contributed by atoms with Gasteiger partial charge in [-0.15, -0.1) is 11.6 Å². The Bertz CT molecular complexity index is 423. The van der Waals surface area contributed by atoms with E-state index in [2.05, 4.69) is 5.32 Å². The minimum atomic E-state index is -0.0958. The molecular formula is C13H16ClNO3. The predicted molar refractivity (Wildman–Crippen MR) is 69.7 cm³/mol. The van der Waals surface area contributed by atoms with E-state index in [4.69, 9.17) is 21.1 Å². The van der Waals surface area contributed by atoms with Gasteiger partial charge in [-0.1, -0.05) is 0 Å². The van der Waals surface area contributed by atoms with Gasteiger partial charge >= 0.3 is 0 Å². The second kappa shape index (κ2) is 6.50. The summed E-state index contributed by atoms with van der Waals surface area (Å²) in [6.07, 6.45) is 1.79. The van der Waals surface area contributed by atoms with Crippen LogP contribution < -0.4 is 14.8 Å².